The highest BCUT2D eigenvalue weighted by Gasteiger charge is 2.13. The van der Waals surface area contributed by atoms with Gasteiger partial charge in [-0.15, -0.1) is 0 Å². The van der Waals surface area contributed by atoms with Gasteiger partial charge >= 0.3 is 0 Å². The summed E-state index contributed by atoms with van der Waals surface area (Å²) in [5, 5.41) is 6.06. The van der Waals surface area contributed by atoms with Crippen molar-refractivity contribution >= 4 is 46.2 Å². The van der Waals surface area contributed by atoms with E-state index in [0.717, 1.165) is 33.3 Å². The number of aromatic nitrogens is 1. The molecule has 37 heavy (non-hydrogen) atoms. The van der Waals surface area contributed by atoms with Crippen LogP contribution in [-0.4, -0.2) is 17.1 Å². The largest absolute Gasteiger partial charge is 0.489 e. The fourth-order valence-electron chi connectivity index (χ4n) is 3.80. The summed E-state index contributed by atoms with van der Waals surface area (Å²) in [6.07, 6.45) is 1.58. The number of amides is 1. The van der Waals surface area contributed by atoms with E-state index in [1.807, 2.05) is 84.9 Å². The van der Waals surface area contributed by atoms with Gasteiger partial charge in [0.25, 0.3) is 5.91 Å². The highest BCUT2D eigenvalue weighted by molar-refractivity contribution is 6.35. The van der Waals surface area contributed by atoms with E-state index in [9.17, 15) is 4.79 Å². The van der Waals surface area contributed by atoms with Gasteiger partial charge in [0.1, 0.15) is 12.4 Å². The Hall–Kier alpha value is -4.19. The van der Waals surface area contributed by atoms with E-state index < -0.39 is 0 Å². The summed E-state index contributed by atoms with van der Waals surface area (Å²) in [6, 6.07) is 31.8. The van der Waals surface area contributed by atoms with E-state index >= 15 is 0 Å². The standard InChI is InChI=1S/C30H21Cl2N3O2/c31-23-13-12-22(27(32)16-23)19-37-24-14-10-20(11-15-24)18-33-35-30(36)26-17-29(21-6-2-1-3-7-21)34-28-9-5-4-8-25(26)28/h1-18H,19H2,(H,35,36)/b33-18+. The summed E-state index contributed by atoms with van der Waals surface area (Å²) in [5.74, 6) is 0.371. The van der Waals surface area contributed by atoms with Crippen LogP contribution in [0.15, 0.2) is 108 Å². The average molecular weight is 526 g/mol. The Morgan fingerprint density at radius 2 is 1.65 bits per heavy atom. The predicted octanol–water partition coefficient (Wildman–Crippen LogP) is 7.55. The smallest absolute Gasteiger partial charge is 0.272 e. The number of carbonyl (C=O) groups is 1. The van der Waals surface area contributed by atoms with Gasteiger partial charge in [0.2, 0.25) is 0 Å². The van der Waals surface area contributed by atoms with Crippen molar-refractivity contribution in [1.82, 2.24) is 10.4 Å². The van der Waals surface area contributed by atoms with E-state index in [-0.39, 0.29) is 5.91 Å². The van der Waals surface area contributed by atoms with Crippen molar-refractivity contribution in [3.63, 3.8) is 0 Å². The summed E-state index contributed by atoms with van der Waals surface area (Å²) < 4.78 is 5.81. The molecule has 0 bridgehead atoms. The predicted molar refractivity (Wildman–Crippen MR) is 149 cm³/mol. The van der Waals surface area contributed by atoms with E-state index in [1.165, 1.54) is 0 Å². The molecule has 0 aliphatic heterocycles. The molecule has 1 amide bonds. The summed E-state index contributed by atoms with van der Waals surface area (Å²) in [7, 11) is 0. The Morgan fingerprint density at radius 3 is 2.43 bits per heavy atom. The second-order valence-electron chi connectivity index (χ2n) is 8.23. The van der Waals surface area contributed by atoms with E-state index in [4.69, 9.17) is 32.9 Å². The molecule has 0 fully saturated rings. The first kappa shape index (κ1) is 24.5. The molecule has 0 aliphatic rings. The minimum atomic E-state index is -0.313. The maximum atomic E-state index is 13.1. The van der Waals surface area contributed by atoms with Gasteiger partial charge in [0, 0.05) is 26.6 Å². The van der Waals surface area contributed by atoms with Gasteiger partial charge in [-0.2, -0.15) is 5.10 Å². The minimum absolute atomic E-state index is 0.313. The van der Waals surface area contributed by atoms with Gasteiger partial charge in [-0.05, 0) is 54.1 Å². The number of para-hydroxylation sites is 1. The van der Waals surface area contributed by atoms with Crippen LogP contribution >= 0.6 is 23.2 Å². The van der Waals surface area contributed by atoms with Crippen molar-refractivity contribution in [2.45, 2.75) is 6.61 Å². The number of ether oxygens (including phenoxy) is 1. The third-order valence-corrected chi connectivity index (χ3v) is 6.29. The molecule has 0 unspecified atom stereocenters. The Balaban J connectivity index is 1.27. The second kappa shape index (κ2) is 11.2. The van der Waals surface area contributed by atoms with Gasteiger partial charge < -0.3 is 4.74 Å². The maximum absolute atomic E-state index is 13.1. The first-order valence-electron chi connectivity index (χ1n) is 11.5. The zero-order chi connectivity index (χ0) is 25.6. The number of pyridine rings is 1. The van der Waals surface area contributed by atoms with Crippen LogP contribution in [0.2, 0.25) is 10.0 Å². The lowest BCUT2D eigenvalue weighted by atomic mass is 10.0. The first-order chi connectivity index (χ1) is 18.1. The molecule has 182 valence electrons. The van der Waals surface area contributed by atoms with Crippen LogP contribution in [-0.2, 0) is 6.61 Å². The monoisotopic (exact) mass is 525 g/mol. The third-order valence-electron chi connectivity index (χ3n) is 5.70. The Morgan fingerprint density at radius 1 is 0.892 bits per heavy atom. The number of hydrogen-bond donors (Lipinski definition) is 1. The maximum Gasteiger partial charge on any atom is 0.272 e. The molecule has 0 saturated heterocycles. The molecule has 5 rings (SSSR count). The first-order valence-corrected chi connectivity index (χ1v) is 12.3. The number of carbonyl (C=O) groups excluding carboxylic acids is 1. The zero-order valence-corrected chi connectivity index (χ0v) is 21.1. The van der Waals surface area contributed by atoms with E-state index in [2.05, 4.69) is 10.5 Å². The van der Waals surface area contributed by atoms with Crippen LogP contribution < -0.4 is 10.2 Å². The molecule has 0 radical (unpaired) electrons. The third kappa shape index (κ3) is 5.97. The van der Waals surface area contributed by atoms with Crippen LogP contribution in [0.4, 0.5) is 0 Å². The molecule has 0 aliphatic carbocycles. The molecule has 1 aromatic heterocycles. The SMILES string of the molecule is O=C(N/N=C/c1ccc(OCc2ccc(Cl)cc2Cl)cc1)c1cc(-c2ccccc2)nc2ccccc12. The van der Waals surface area contributed by atoms with Crippen LogP contribution in [0.25, 0.3) is 22.2 Å². The number of nitrogens with one attached hydrogen (secondary N) is 1. The number of hydrazone groups is 1. The number of hydrogen-bond acceptors (Lipinski definition) is 4. The molecular formula is C30H21Cl2N3O2. The van der Waals surface area contributed by atoms with Gasteiger partial charge in [-0.1, -0.05) is 77.8 Å². The number of benzene rings is 4. The highest BCUT2D eigenvalue weighted by atomic mass is 35.5. The second-order valence-corrected chi connectivity index (χ2v) is 9.07. The molecule has 0 spiro atoms. The molecule has 1 N–H and O–H groups in total. The molecule has 5 nitrogen and oxygen atoms in total. The van der Waals surface area contributed by atoms with Crippen molar-refractivity contribution in [2.75, 3.05) is 0 Å². The lowest BCUT2D eigenvalue weighted by molar-refractivity contribution is 0.0956. The van der Waals surface area contributed by atoms with Crippen LogP contribution in [0.5, 0.6) is 5.75 Å². The summed E-state index contributed by atoms with van der Waals surface area (Å²) >= 11 is 12.1. The quantitative estimate of drug-likeness (QED) is 0.176. The van der Waals surface area contributed by atoms with Crippen molar-refractivity contribution in [3.05, 3.63) is 130 Å². The lowest BCUT2D eigenvalue weighted by Gasteiger charge is -2.09. The van der Waals surface area contributed by atoms with Crippen molar-refractivity contribution in [2.24, 2.45) is 5.10 Å². The average Bonchev–Trinajstić information content (AvgIpc) is 2.93. The van der Waals surface area contributed by atoms with Crippen molar-refractivity contribution in [3.8, 4) is 17.0 Å². The van der Waals surface area contributed by atoms with Gasteiger partial charge in [0.15, 0.2) is 0 Å². The molecule has 7 heteroatoms. The Bertz CT molecular complexity index is 1590. The fraction of sp³-hybridized carbons (Fsp3) is 0.0333. The number of nitrogens with zero attached hydrogens (tertiary/aromatic N) is 2. The molecular weight excluding hydrogens is 505 g/mol. The van der Waals surface area contributed by atoms with Crippen LogP contribution in [0.3, 0.4) is 0 Å². The molecule has 1 heterocycles. The minimum Gasteiger partial charge on any atom is -0.489 e. The molecule has 0 atom stereocenters. The molecule has 5 aromatic rings. The fourth-order valence-corrected chi connectivity index (χ4v) is 4.26. The van der Waals surface area contributed by atoms with Crippen LogP contribution in [0.1, 0.15) is 21.5 Å². The number of halogens is 2. The molecule has 4 aromatic carbocycles. The van der Waals surface area contributed by atoms with E-state index in [0.29, 0.717) is 28.0 Å². The lowest BCUT2D eigenvalue weighted by Crippen LogP contribution is -2.18. The summed E-state index contributed by atoms with van der Waals surface area (Å²) in [4.78, 5) is 17.8. The van der Waals surface area contributed by atoms with Gasteiger partial charge in [0.05, 0.1) is 23.0 Å². The zero-order valence-electron chi connectivity index (χ0n) is 19.6. The van der Waals surface area contributed by atoms with Crippen molar-refractivity contribution in [1.29, 1.82) is 0 Å². The Labute approximate surface area is 224 Å². The van der Waals surface area contributed by atoms with Gasteiger partial charge in [-0.25, -0.2) is 10.4 Å². The summed E-state index contributed by atoms with van der Waals surface area (Å²) in [6.45, 7) is 0.324. The molecule has 0 saturated carbocycles. The topological polar surface area (TPSA) is 63.6 Å². The van der Waals surface area contributed by atoms with Crippen LogP contribution in [0, 0.1) is 0 Å². The summed E-state index contributed by atoms with van der Waals surface area (Å²) in [5.41, 5.74) is 7.20. The normalized spacial score (nSPS) is 11.1. The van der Waals surface area contributed by atoms with Crippen molar-refractivity contribution < 1.29 is 9.53 Å². The highest BCUT2D eigenvalue weighted by Crippen LogP contribution is 2.25. The number of fused-ring (bicyclic) bond motifs is 1. The van der Waals surface area contributed by atoms with E-state index in [1.54, 1.807) is 24.4 Å². The number of rotatable bonds is 7. The Kier molecular flexibility index (Phi) is 7.45. The van der Waals surface area contributed by atoms with Gasteiger partial charge in [-0.3, -0.25) is 4.79 Å².